The first-order valence-corrected chi connectivity index (χ1v) is 20.4. The van der Waals surface area contributed by atoms with Crippen LogP contribution in [0.3, 0.4) is 0 Å². The van der Waals surface area contributed by atoms with Gasteiger partial charge >= 0.3 is 31.3 Å². The van der Waals surface area contributed by atoms with Crippen molar-refractivity contribution in [1.82, 2.24) is 39.0 Å². The maximum Gasteiger partial charge on any atom is 0.490 e. The molecule has 2 aliphatic heterocycles. The standard InChI is InChI=1S/2C10H13N5O4.H6O13P4/c2*11-8-5-9(13-2-12-8)15(3-14-5)10-7(18)6(17)4(1-16)19-10;1-14(2,3)11-16(7,8)13-17(9,10)12-15(4,5)6/h2*2-4,6-7,10,16-18H,1H2,(H2,11,12,13);(H,7,8)(H,9,10)(H2,1,2,3)(H2,4,5,6). The Morgan fingerprint density at radius 2 is 0.927 bits per heavy atom. The molecule has 31 nitrogen and oxygen atoms in total. The molecule has 0 aromatic carbocycles. The number of fused-ring (bicyclic) bond motifs is 2. The van der Waals surface area contributed by atoms with E-state index in [0.29, 0.717) is 22.3 Å². The number of nitrogens with two attached hydrogens (primary N) is 2. The van der Waals surface area contributed by atoms with Gasteiger partial charge in [-0.3, -0.25) is 9.13 Å². The number of ether oxygens (including phenoxy) is 2. The summed E-state index contributed by atoms with van der Waals surface area (Å²) in [4.78, 5) is 73.2. The quantitative estimate of drug-likeness (QED) is 0.0667. The molecule has 35 heteroatoms. The fraction of sp³-hybridized carbons (Fsp3) is 0.500. The van der Waals surface area contributed by atoms with Gasteiger partial charge in [-0.15, -0.1) is 0 Å². The minimum atomic E-state index is -5.77. The molecule has 10 atom stereocenters. The van der Waals surface area contributed by atoms with Crippen LogP contribution in [0.2, 0.25) is 0 Å². The number of aromatic nitrogens is 8. The van der Waals surface area contributed by atoms with Crippen molar-refractivity contribution >= 4 is 65.3 Å². The van der Waals surface area contributed by atoms with Crippen LogP contribution in [0, 0.1) is 0 Å². The molecule has 6 heterocycles. The molecule has 6 rings (SSSR count). The molecule has 4 aromatic rings. The third-order valence-electron chi connectivity index (χ3n) is 6.98. The van der Waals surface area contributed by atoms with Crippen molar-refractivity contribution in [2.24, 2.45) is 0 Å². The molecule has 0 bridgehead atoms. The van der Waals surface area contributed by atoms with E-state index in [1.165, 1.54) is 34.4 Å². The lowest BCUT2D eigenvalue weighted by molar-refractivity contribution is -0.0511. The van der Waals surface area contributed by atoms with Gasteiger partial charge in [-0.1, -0.05) is 0 Å². The van der Waals surface area contributed by atoms with Crippen LogP contribution in [0.25, 0.3) is 22.3 Å². The average molecular weight is 872 g/mol. The number of nitrogen functional groups attached to an aromatic ring is 2. The molecule has 0 radical (unpaired) electrons. The van der Waals surface area contributed by atoms with Crippen molar-refractivity contribution in [2.45, 2.75) is 49.1 Å². The van der Waals surface area contributed by atoms with Gasteiger partial charge in [0.2, 0.25) is 0 Å². The van der Waals surface area contributed by atoms with Crippen molar-refractivity contribution in [3.05, 3.63) is 25.3 Å². The molecule has 55 heavy (non-hydrogen) atoms. The van der Waals surface area contributed by atoms with Crippen LogP contribution in [-0.2, 0) is 40.7 Å². The molecule has 2 aliphatic rings. The Kier molecular flexibility index (Phi) is 14.0. The first kappa shape index (κ1) is 44.7. The Bertz CT molecular complexity index is 2000. The van der Waals surface area contributed by atoms with Gasteiger partial charge in [0.25, 0.3) is 0 Å². The van der Waals surface area contributed by atoms with Crippen molar-refractivity contribution in [1.29, 1.82) is 0 Å². The summed E-state index contributed by atoms with van der Waals surface area (Å²) in [5, 5.41) is 57.5. The molecule has 0 spiro atoms. The van der Waals surface area contributed by atoms with Crippen molar-refractivity contribution in [3.8, 4) is 0 Å². The van der Waals surface area contributed by atoms with Gasteiger partial charge in [-0.05, 0) is 0 Å². The Morgan fingerprint density at radius 3 is 1.22 bits per heavy atom. The molecule has 10 unspecified atom stereocenters. The molecule has 2 fully saturated rings. The summed E-state index contributed by atoms with van der Waals surface area (Å²) in [7, 11) is -22.6. The van der Waals surface area contributed by atoms with Crippen molar-refractivity contribution < 1.29 is 101 Å². The van der Waals surface area contributed by atoms with E-state index < -0.39 is 93.6 Å². The Labute approximate surface area is 304 Å². The van der Waals surface area contributed by atoms with Gasteiger partial charge in [0.05, 0.1) is 25.9 Å². The fourth-order valence-corrected chi connectivity index (χ4v) is 8.73. The number of rotatable bonds is 10. The van der Waals surface area contributed by atoms with Crippen LogP contribution in [0.4, 0.5) is 11.6 Å². The van der Waals surface area contributed by atoms with Crippen LogP contribution >= 0.6 is 31.3 Å². The van der Waals surface area contributed by atoms with E-state index in [1.807, 2.05) is 0 Å². The third kappa shape index (κ3) is 11.1. The van der Waals surface area contributed by atoms with Gasteiger partial charge in [0, 0.05) is 0 Å². The van der Waals surface area contributed by atoms with Crippen LogP contribution in [0.1, 0.15) is 12.5 Å². The predicted octanol–water partition coefficient (Wildman–Crippen LogP) is -4.54. The van der Waals surface area contributed by atoms with Gasteiger partial charge < -0.3 is 80.9 Å². The Morgan fingerprint density at radius 1 is 0.582 bits per heavy atom. The third-order valence-corrected chi connectivity index (χ3v) is 12.0. The van der Waals surface area contributed by atoms with Gasteiger partial charge in [-0.25, -0.2) is 48.2 Å². The zero-order valence-electron chi connectivity index (χ0n) is 26.9. The molecule has 0 saturated carbocycles. The van der Waals surface area contributed by atoms with E-state index in [0.717, 1.165) is 0 Å². The lowest BCUT2D eigenvalue weighted by Gasteiger charge is -2.16. The number of aliphatic hydroxyl groups is 6. The van der Waals surface area contributed by atoms with Crippen LogP contribution < -0.4 is 11.5 Å². The Hall–Kier alpha value is -3.06. The number of hydrogen-bond acceptors (Lipinski definition) is 23. The average Bonchev–Trinajstić information content (AvgIpc) is 3.81. The highest BCUT2D eigenvalue weighted by atomic mass is 31.3. The summed E-state index contributed by atoms with van der Waals surface area (Å²) >= 11 is 0. The Balaban J connectivity index is 0.000000184. The molecule has 2 saturated heterocycles. The molecule has 0 aliphatic carbocycles. The molecule has 4 aromatic heterocycles. The van der Waals surface area contributed by atoms with E-state index in [2.05, 4.69) is 42.8 Å². The summed E-state index contributed by atoms with van der Waals surface area (Å²) in [6.45, 7) is -0.781. The van der Waals surface area contributed by atoms with E-state index >= 15 is 0 Å². The van der Waals surface area contributed by atoms with Crippen LogP contribution in [0.5, 0.6) is 0 Å². The summed E-state index contributed by atoms with van der Waals surface area (Å²) in [5.41, 5.74) is 12.9. The molecular weight excluding hydrogens is 840 g/mol. The summed E-state index contributed by atoms with van der Waals surface area (Å²) in [5.74, 6) is 0.436. The first-order chi connectivity index (χ1) is 25.4. The summed E-state index contributed by atoms with van der Waals surface area (Å²) in [6, 6.07) is 0. The fourth-order valence-electron chi connectivity index (χ4n) is 4.76. The molecule has 308 valence electrons. The minimum Gasteiger partial charge on any atom is -0.394 e. The first-order valence-electron chi connectivity index (χ1n) is 14.4. The SMILES string of the molecule is Nc1ncnc2c1ncn2C1OC(CO)C(O)C1O.Nc1ncnc2c1ncn2C1OC(CO)C(O)C1O.O=P(O)(O)OP(=O)(O)OP(=O)(O)OP(=O)(O)O. The number of anilines is 2. The van der Waals surface area contributed by atoms with Gasteiger partial charge in [0.1, 0.15) is 60.3 Å². The molecule has 16 N–H and O–H groups in total. The lowest BCUT2D eigenvalue weighted by Crippen LogP contribution is -2.33. The van der Waals surface area contributed by atoms with Crippen LogP contribution in [0.15, 0.2) is 25.3 Å². The van der Waals surface area contributed by atoms with Crippen LogP contribution in [-0.4, -0.2) is 149 Å². The number of aliphatic hydroxyl groups excluding tert-OH is 6. The molecular formula is C20H32N10O21P4. The van der Waals surface area contributed by atoms with E-state index in [-0.39, 0.29) is 11.6 Å². The zero-order valence-corrected chi connectivity index (χ0v) is 30.5. The highest BCUT2D eigenvalue weighted by molar-refractivity contribution is 7.69. The number of imidazole rings is 2. The number of nitrogens with zero attached hydrogens (tertiary/aromatic N) is 8. The number of phosphoric acid groups is 4. The van der Waals surface area contributed by atoms with E-state index in [1.54, 1.807) is 0 Å². The second kappa shape index (κ2) is 17.2. The number of hydrogen-bond donors (Lipinski definition) is 14. The van der Waals surface area contributed by atoms with Gasteiger partial charge in [-0.2, -0.15) is 12.9 Å². The highest BCUT2D eigenvalue weighted by Gasteiger charge is 2.46. The topological polar surface area (TPSA) is 496 Å². The summed E-state index contributed by atoms with van der Waals surface area (Å²) in [6.07, 6.45) is -2.85. The summed E-state index contributed by atoms with van der Waals surface area (Å²) < 4.78 is 64.6. The second-order valence-electron chi connectivity index (χ2n) is 10.8. The predicted molar refractivity (Wildman–Crippen MR) is 172 cm³/mol. The monoisotopic (exact) mass is 872 g/mol. The molecule has 0 amide bonds. The highest BCUT2D eigenvalue weighted by Crippen LogP contribution is 2.69. The zero-order chi connectivity index (χ0) is 41.3. The lowest BCUT2D eigenvalue weighted by atomic mass is 10.1. The largest absolute Gasteiger partial charge is 0.490 e. The normalized spacial score (nSPS) is 27.9. The second-order valence-corrected chi connectivity index (χ2v) is 16.6. The van der Waals surface area contributed by atoms with E-state index in [9.17, 15) is 38.7 Å². The smallest absolute Gasteiger partial charge is 0.394 e. The maximum atomic E-state index is 10.7. The minimum absolute atomic E-state index is 0.218. The van der Waals surface area contributed by atoms with Crippen molar-refractivity contribution in [3.63, 3.8) is 0 Å². The van der Waals surface area contributed by atoms with E-state index in [4.69, 9.17) is 60.5 Å². The van der Waals surface area contributed by atoms with Gasteiger partial charge in [0.15, 0.2) is 35.4 Å². The maximum absolute atomic E-state index is 10.7. The van der Waals surface area contributed by atoms with Crippen molar-refractivity contribution in [2.75, 3.05) is 24.7 Å².